The van der Waals surface area contributed by atoms with Crippen LogP contribution in [0, 0.1) is 5.82 Å². The van der Waals surface area contributed by atoms with Gasteiger partial charge in [-0.25, -0.2) is 4.39 Å². The Bertz CT molecular complexity index is 1080. The molecule has 0 bridgehead atoms. The van der Waals surface area contributed by atoms with Crippen LogP contribution >= 0.6 is 11.6 Å². The third-order valence-corrected chi connectivity index (χ3v) is 5.10. The Morgan fingerprint density at radius 3 is 2.90 bits per heavy atom. The first-order chi connectivity index (χ1) is 14.1. The van der Waals surface area contributed by atoms with Crippen molar-refractivity contribution in [3.05, 3.63) is 70.8 Å². The fraction of sp³-hybridized carbons (Fsp3) is 0.227. The van der Waals surface area contributed by atoms with Crippen molar-refractivity contribution in [2.75, 3.05) is 5.32 Å². The number of fused-ring (bicyclic) bond motifs is 1. The van der Waals surface area contributed by atoms with E-state index in [0.717, 1.165) is 43.6 Å². The van der Waals surface area contributed by atoms with Crippen LogP contribution in [0.1, 0.15) is 30.7 Å². The van der Waals surface area contributed by atoms with Gasteiger partial charge in [0.05, 0.1) is 5.56 Å². The van der Waals surface area contributed by atoms with Gasteiger partial charge in [0.2, 0.25) is 5.91 Å². The second-order valence-corrected chi connectivity index (χ2v) is 7.41. The summed E-state index contributed by atoms with van der Waals surface area (Å²) in [4.78, 5) is 12.3. The molecule has 1 aromatic heterocycles. The minimum absolute atomic E-state index is 0.317. The van der Waals surface area contributed by atoms with Gasteiger partial charge in [0.15, 0.2) is 5.82 Å². The molecule has 2 heterocycles. The van der Waals surface area contributed by atoms with E-state index in [1.54, 1.807) is 24.3 Å². The zero-order valence-corrected chi connectivity index (χ0v) is 16.5. The molecule has 0 saturated heterocycles. The third kappa shape index (κ3) is 4.54. The number of halogens is 2. The molecule has 1 aliphatic rings. The molecule has 0 radical (unpaired) electrons. The highest BCUT2D eigenvalue weighted by molar-refractivity contribution is 6.30. The van der Waals surface area contributed by atoms with Crippen molar-refractivity contribution in [3.8, 4) is 11.4 Å². The normalized spacial score (nSPS) is 13.9. The summed E-state index contributed by atoms with van der Waals surface area (Å²) in [7, 11) is 0. The molecule has 0 unspecified atom stereocenters. The number of hydrogen-bond donors (Lipinski definition) is 1. The maximum Gasteiger partial charge on any atom is 0.248 e. The Kier molecular flexibility index (Phi) is 5.71. The predicted molar refractivity (Wildman–Crippen MR) is 112 cm³/mol. The Labute approximate surface area is 173 Å². The molecule has 148 valence electrons. The van der Waals surface area contributed by atoms with Crippen molar-refractivity contribution in [2.24, 2.45) is 0 Å². The number of nitrogens with one attached hydrogen (secondary N) is 1. The number of carbonyl (C=O) groups is 1. The van der Waals surface area contributed by atoms with E-state index in [-0.39, 0.29) is 5.91 Å². The number of carbonyl (C=O) groups excluding carboxylic acids is 1. The molecule has 0 atom stereocenters. The fourth-order valence-electron chi connectivity index (χ4n) is 3.42. The van der Waals surface area contributed by atoms with Crippen LogP contribution in [-0.4, -0.2) is 20.7 Å². The Morgan fingerprint density at radius 2 is 2.03 bits per heavy atom. The minimum atomic E-state index is -0.392. The molecule has 1 aliphatic heterocycles. The molecule has 0 fully saturated rings. The van der Waals surface area contributed by atoms with Gasteiger partial charge in [-0.1, -0.05) is 30.2 Å². The molecule has 3 aromatic rings. The van der Waals surface area contributed by atoms with Gasteiger partial charge in [-0.15, -0.1) is 10.2 Å². The van der Waals surface area contributed by atoms with E-state index in [1.807, 2.05) is 16.7 Å². The Hall–Kier alpha value is -2.99. The largest absolute Gasteiger partial charge is 0.322 e. The molecule has 0 aliphatic carbocycles. The summed E-state index contributed by atoms with van der Waals surface area (Å²) in [6.45, 7) is 0.774. The summed E-state index contributed by atoms with van der Waals surface area (Å²) in [5.41, 5.74) is 1.65. The summed E-state index contributed by atoms with van der Waals surface area (Å²) in [6.07, 6.45) is 7.14. The number of rotatable bonds is 4. The van der Waals surface area contributed by atoms with Crippen molar-refractivity contribution in [2.45, 2.75) is 32.2 Å². The van der Waals surface area contributed by atoms with Gasteiger partial charge in [0.25, 0.3) is 0 Å². The number of aryl methyl sites for hydroxylation is 1. The maximum atomic E-state index is 14.5. The predicted octanol–water partition coefficient (Wildman–Crippen LogP) is 5.12. The molecule has 0 saturated carbocycles. The van der Waals surface area contributed by atoms with E-state index in [0.29, 0.717) is 22.1 Å². The average Bonchev–Trinajstić information content (AvgIpc) is 2.95. The van der Waals surface area contributed by atoms with Crippen LogP contribution in [0.5, 0.6) is 0 Å². The van der Waals surface area contributed by atoms with Crippen LogP contribution in [0.25, 0.3) is 17.5 Å². The zero-order valence-electron chi connectivity index (χ0n) is 15.7. The van der Waals surface area contributed by atoms with Crippen molar-refractivity contribution >= 4 is 29.3 Å². The van der Waals surface area contributed by atoms with Crippen LogP contribution in [0.3, 0.4) is 0 Å². The number of hydrogen-bond acceptors (Lipinski definition) is 3. The lowest BCUT2D eigenvalue weighted by molar-refractivity contribution is -0.111. The SMILES string of the molecule is O=C(/C=C/c1cccc(Cl)c1)Nc1ccc(F)c(-c2nnc3n2CCCCC3)c1. The van der Waals surface area contributed by atoms with Gasteiger partial charge in [-0.2, -0.15) is 0 Å². The lowest BCUT2D eigenvalue weighted by Gasteiger charge is -2.10. The topological polar surface area (TPSA) is 59.8 Å². The van der Waals surface area contributed by atoms with Crippen molar-refractivity contribution < 1.29 is 9.18 Å². The molecule has 0 spiro atoms. The maximum absolute atomic E-state index is 14.5. The Morgan fingerprint density at radius 1 is 1.14 bits per heavy atom. The molecule has 5 nitrogen and oxygen atoms in total. The van der Waals surface area contributed by atoms with Gasteiger partial charge in [0.1, 0.15) is 11.6 Å². The molecule has 2 aromatic carbocycles. The van der Waals surface area contributed by atoms with Crippen LogP contribution in [0.15, 0.2) is 48.5 Å². The monoisotopic (exact) mass is 410 g/mol. The lowest BCUT2D eigenvalue weighted by atomic mass is 10.1. The highest BCUT2D eigenvalue weighted by atomic mass is 35.5. The second kappa shape index (κ2) is 8.57. The number of amides is 1. The number of nitrogens with zero attached hydrogens (tertiary/aromatic N) is 3. The lowest BCUT2D eigenvalue weighted by Crippen LogP contribution is -2.09. The molecule has 4 rings (SSSR count). The number of aromatic nitrogens is 3. The van der Waals surface area contributed by atoms with Gasteiger partial charge in [-0.3, -0.25) is 4.79 Å². The van der Waals surface area contributed by atoms with Crippen LogP contribution in [0.4, 0.5) is 10.1 Å². The zero-order chi connectivity index (χ0) is 20.2. The Balaban J connectivity index is 1.54. The van der Waals surface area contributed by atoms with Gasteiger partial charge in [-0.05, 0) is 54.8 Å². The molecule has 29 heavy (non-hydrogen) atoms. The van der Waals surface area contributed by atoms with Crippen LogP contribution in [-0.2, 0) is 17.8 Å². The minimum Gasteiger partial charge on any atom is -0.322 e. The first-order valence-corrected chi connectivity index (χ1v) is 9.94. The number of benzene rings is 2. The van der Waals surface area contributed by atoms with Gasteiger partial charge >= 0.3 is 0 Å². The third-order valence-electron chi connectivity index (χ3n) is 4.86. The standard InChI is InChI=1S/C22H20ClFN4O/c23-16-6-4-5-15(13-16)8-11-21(29)25-17-9-10-19(24)18(14-17)22-27-26-20-7-2-1-3-12-28(20)22/h4-6,8-11,13-14H,1-3,7,12H2,(H,25,29)/b11-8+. The van der Waals surface area contributed by atoms with Gasteiger partial charge < -0.3 is 9.88 Å². The number of anilines is 1. The highest BCUT2D eigenvalue weighted by Crippen LogP contribution is 2.27. The fourth-order valence-corrected chi connectivity index (χ4v) is 3.62. The summed E-state index contributed by atoms with van der Waals surface area (Å²) in [6, 6.07) is 11.7. The first-order valence-electron chi connectivity index (χ1n) is 9.57. The van der Waals surface area contributed by atoms with E-state index >= 15 is 0 Å². The van der Waals surface area contributed by atoms with E-state index in [4.69, 9.17) is 11.6 Å². The molecular formula is C22H20ClFN4O. The van der Waals surface area contributed by atoms with Gasteiger partial charge in [0, 0.05) is 29.8 Å². The summed E-state index contributed by atoms with van der Waals surface area (Å²) >= 11 is 5.95. The summed E-state index contributed by atoms with van der Waals surface area (Å²) in [5.74, 6) is 0.681. The highest BCUT2D eigenvalue weighted by Gasteiger charge is 2.19. The van der Waals surface area contributed by atoms with E-state index in [2.05, 4.69) is 15.5 Å². The molecular weight excluding hydrogens is 391 g/mol. The summed E-state index contributed by atoms with van der Waals surface area (Å²) in [5, 5.41) is 11.8. The molecule has 1 amide bonds. The average molecular weight is 411 g/mol. The van der Waals surface area contributed by atoms with Crippen molar-refractivity contribution in [1.82, 2.24) is 14.8 Å². The van der Waals surface area contributed by atoms with Crippen LogP contribution in [0.2, 0.25) is 5.02 Å². The molecule has 7 heteroatoms. The quantitative estimate of drug-likeness (QED) is 0.607. The summed E-state index contributed by atoms with van der Waals surface area (Å²) < 4.78 is 16.5. The first kappa shape index (κ1) is 19.3. The second-order valence-electron chi connectivity index (χ2n) is 6.97. The smallest absolute Gasteiger partial charge is 0.248 e. The van der Waals surface area contributed by atoms with E-state index in [1.165, 1.54) is 18.2 Å². The van der Waals surface area contributed by atoms with E-state index in [9.17, 15) is 9.18 Å². The molecule has 1 N–H and O–H groups in total. The van der Waals surface area contributed by atoms with E-state index < -0.39 is 5.82 Å². The van der Waals surface area contributed by atoms with Crippen LogP contribution < -0.4 is 5.32 Å². The van der Waals surface area contributed by atoms with Crippen molar-refractivity contribution in [1.29, 1.82) is 0 Å². The van der Waals surface area contributed by atoms with Crippen molar-refractivity contribution in [3.63, 3.8) is 0 Å².